The van der Waals surface area contributed by atoms with Crippen molar-refractivity contribution in [3.05, 3.63) is 54.2 Å². The van der Waals surface area contributed by atoms with Gasteiger partial charge in [-0.25, -0.2) is 13.2 Å². The van der Waals surface area contributed by atoms with Gasteiger partial charge >= 0.3 is 5.97 Å². The van der Waals surface area contributed by atoms with Crippen LogP contribution in [0.1, 0.15) is 24.3 Å². The van der Waals surface area contributed by atoms with Crippen molar-refractivity contribution < 1.29 is 22.7 Å². The summed E-state index contributed by atoms with van der Waals surface area (Å²) in [6.45, 7) is 3.65. The number of H-pyrrole nitrogens is 1. The third kappa shape index (κ3) is 4.50. The van der Waals surface area contributed by atoms with E-state index in [0.717, 1.165) is 0 Å². The minimum atomic E-state index is -3.65. The second-order valence-electron chi connectivity index (χ2n) is 6.36. The number of fused-ring (bicyclic) bond motifs is 1. The first-order chi connectivity index (χ1) is 14.4. The number of aromatic amines is 1. The molecule has 0 unspecified atom stereocenters. The molecular weight excluding hydrogens is 408 g/mol. The maximum Gasteiger partial charge on any atom is 0.359 e. The molecule has 0 saturated carbocycles. The fourth-order valence-corrected chi connectivity index (χ4v) is 4.47. The molecule has 1 amide bonds. The predicted molar refractivity (Wildman–Crippen MR) is 112 cm³/mol. The number of hydrogen-bond donors (Lipinski definition) is 2. The van der Waals surface area contributed by atoms with Gasteiger partial charge in [-0.3, -0.25) is 9.89 Å². The van der Waals surface area contributed by atoms with E-state index in [0.29, 0.717) is 24.0 Å². The van der Waals surface area contributed by atoms with E-state index in [1.54, 1.807) is 44.2 Å². The van der Waals surface area contributed by atoms with E-state index in [1.165, 1.54) is 22.5 Å². The molecule has 0 aliphatic heterocycles. The first kappa shape index (κ1) is 21.5. The van der Waals surface area contributed by atoms with Gasteiger partial charge in [0, 0.05) is 24.2 Å². The van der Waals surface area contributed by atoms with Crippen LogP contribution in [-0.2, 0) is 19.6 Å². The van der Waals surface area contributed by atoms with E-state index in [1.807, 2.05) is 0 Å². The second kappa shape index (κ2) is 9.06. The number of sulfonamides is 1. The summed E-state index contributed by atoms with van der Waals surface area (Å²) in [4.78, 5) is 24.5. The van der Waals surface area contributed by atoms with Gasteiger partial charge in [0.2, 0.25) is 10.0 Å². The van der Waals surface area contributed by atoms with Crippen LogP contribution < -0.4 is 5.32 Å². The van der Waals surface area contributed by atoms with Gasteiger partial charge in [0.1, 0.15) is 0 Å². The Morgan fingerprint density at radius 3 is 2.57 bits per heavy atom. The Labute approximate surface area is 174 Å². The number of rotatable bonds is 8. The number of para-hydroxylation sites is 1. The van der Waals surface area contributed by atoms with Crippen molar-refractivity contribution in [1.29, 1.82) is 0 Å². The summed E-state index contributed by atoms with van der Waals surface area (Å²) in [7, 11) is -3.65. The Kier molecular flexibility index (Phi) is 6.48. The summed E-state index contributed by atoms with van der Waals surface area (Å²) >= 11 is 0. The van der Waals surface area contributed by atoms with E-state index in [2.05, 4.69) is 15.5 Å². The number of esters is 1. The van der Waals surface area contributed by atoms with E-state index in [9.17, 15) is 18.0 Å². The molecule has 3 rings (SSSR count). The number of anilines is 1. The van der Waals surface area contributed by atoms with E-state index >= 15 is 0 Å². The Morgan fingerprint density at radius 1 is 1.10 bits per heavy atom. The average Bonchev–Trinajstić information content (AvgIpc) is 3.17. The van der Waals surface area contributed by atoms with Crippen molar-refractivity contribution in [2.24, 2.45) is 0 Å². The smallest absolute Gasteiger partial charge is 0.359 e. The number of amides is 1. The zero-order valence-corrected chi connectivity index (χ0v) is 17.4. The minimum absolute atomic E-state index is 0.0731. The van der Waals surface area contributed by atoms with Gasteiger partial charge in [0.25, 0.3) is 5.91 Å². The molecule has 0 saturated heterocycles. The maximum atomic E-state index is 12.6. The molecule has 30 heavy (non-hydrogen) atoms. The van der Waals surface area contributed by atoms with Crippen molar-refractivity contribution >= 4 is 38.5 Å². The van der Waals surface area contributed by atoms with Crippen LogP contribution in [0.3, 0.4) is 0 Å². The van der Waals surface area contributed by atoms with Gasteiger partial charge in [0.15, 0.2) is 12.3 Å². The Balaban J connectivity index is 1.65. The molecule has 1 heterocycles. The lowest BCUT2D eigenvalue weighted by Gasteiger charge is -2.18. The van der Waals surface area contributed by atoms with Crippen LogP contribution >= 0.6 is 0 Å². The molecule has 2 N–H and O–H groups in total. The summed E-state index contributed by atoms with van der Waals surface area (Å²) in [5.74, 6) is -1.33. The molecule has 0 aliphatic rings. The molecule has 2 aromatic carbocycles. The van der Waals surface area contributed by atoms with Gasteiger partial charge in [-0.05, 0) is 24.3 Å². The molecule has 1 aromatic heterocycles. The Morgan fingerprint density at radius 2 is 1.83 bits per heavy atom. The summed E-state index contributed by atoms with van der Waals surface area (Å²) in [5, 5.41) is 9.78. The topological polar surface area (TPSA) is 121 Å². The maximum absolute atomic E-state index is 12.6. The summed E-state index contributed by atoms with van der Waals surface area (Å²) < 4.78 is 31.6. The van der Waals surface area contributed by atoms with E-state index in [4.69, 9.17) is 4.74 Å². The third-order valence-corrected chi connectivity index (χ3v) is 6.50. The van der Waals surface area contributed by atoms with Crippen molar-refractivity contribution in [2.75, 3.05) is 25.0 Å². The van der Waals surface area contributed by atoms with Crippen LogP contribution in [0, 0.1) is 0 Å². The molecule has 9 nitrogen and oxygen atoms in total. The number of carbonyl (C=O) groups is 2. The lowest BCUT2D eigenvalue weighted by Crippen LogP contribution is -2.30. The predicted octanol–water partition coefficient (Wildman–Crippen LogP) is 2.39. The SMILES string of the molecule is CCN(CC)S(=O)(=O)c1cccc(NC(=O)COC(=O)c2n[nH]c3ccccc23)c1. The highest BCUT2D eigenvalue weighted by Crippen LogP contribution is 2.20. The van der Waals surface area contributed by atoms with Crippen LogP contribution in [0.2, 0.25) is 0 Å². The van der Waals surface area contributed by atoms with Crippen molar-refractivity contribution in [3.8, 4) is 0 Å². The van der Waals surface area contributed by atoms with Crippen LogP contribution in [-0.4, -0.2) is 54.5 Å². The van der Waals surface area contributed by atoms with Gasteiger partial charge in [-0.2, -0.15) is 9.40 Å². The largest absolute Gasteiger partial charge is 0.451 e. The van der Waals surface area contributed by atoms with E-state index < -0.39 is 28.5 Å². The highest BCUT2D eigenvalue weighted by molar-refractivity contribution is 7.89. The van der Waals surface area contributed by atoms with Crippen LogP contribution in [0.4, 0.5) is 5.69 Å². The monoisotopic (exact) mass is 430 g/mol. The lowest BCUT2D eigenvalue weighted by molar-refractivity contribution is -0.119. The minimum Gasteiger partial charge on any atom is -0.451 e. The highest BCUT2D eigenvalue weighted by atomic mass is 32.2. The summed E-state index contributed by atoms with van der Waals surface area (Å²) in [5.41, 5.74) is 1.06. The van der Waals surface area contributed by atoms with Gasteiger partial charge in [-0.1, -0.05) is 38.1 Å². The van der Waals surface area contributed by atoms with Crippen molar-refractivity contribution in [2.45, 2.75) is 18.7 Å². The number of hydrogen-bond acceptors (Lipinski definition) is 6. The quantitative estimate of drug-likeness (QED) is 0.529. The van der Waals surface area contributed by atoms with Crippen LogP contribution in [0.5, 0.6) is 0 Å². The number of carbonyl (C=O) groups excluding carboxylic acids is 2. The number of nitrogens with one attached hydrogen (secondary N) is 2. The van der Waals surface area contributed by atoms with Crippen LogP contribution in [0.25, 0.3) is 10.9 Å². The second-order valence-corrected chi connectivity index (χ2v) is 8.30. The Bertz CT molecular complexity index is 1170. The molecule has 0 atom stereocenters. The first-order valence-corrected chi connectivity index (χ1v) is 10.8. The molecular formula is C20H22N4O5S. The number of aromatic nitrogens is 2. The molecule has 0 fully saturated rings. The van der Waals surface area contributed by atoms with Gasteiger partial charge in [-0.15, -0.1) is 0 Å². The molecule has 10 heteroatoms. The molecule has 0 bridgehead atoms. The lowest BCUT2D eigenvalue weighted by atomic mass is 10.2. The number of ether oxygens (including phenoxy) is 1. The van der Waals surface area contributed by atoms with Crippen LogP contribution in [0.15, 0.2) is 53.4 Å². The first-order valence-electron chi connectivity index (χ1n) is 9.37. The summed E-state index contributed by atoms with van der Waals surface area (Å²) in [6, 6.07) is 13.0. The molecule has 0 aliphatic carbocycles. The highest BCUT2D eigenvalue weighted by Gasteiger charge is 2.22. The fourth-order valence-electron chi connectivity index (χ4n) is 2.96. The molecule has 0 spiro atoms. The average molecular weight is 430 g/mol. The standard InChI is InChI=1S/C20H22N4O5S/c1-3-24(4-2)30(27,28)15-9-7-8-14(12-15)21-18(25)13-29-20(26)19-16-10-5-6-11-17(16)22-23-19/h5-12H,3-4,13H2,1-2H3,(H,21,25)(H,22,23). The summed E-state index contributed by atoms with van der Waals surface area (Å²) in [6.07, 6.45) is 0. The Hall–Kier alpha value is -3.24. The van der Waals surface area contributed by atoms with E-state index in [-0.39, 0.29) is 16.3 Å². The third-order valence-electron chi connectivity index (χ3n) is 4.46. The molecule has 158 valence electrons. The van der Waals surface area contributed by atoms with Crippen molar-refractivity contribution in [1.82, 2.24) is 14.5 Å². The zero-order chi connectivity index (χ0) is 21.7. The molecule has 0 radical (unpaired) electrons. The fraction of sp³-hybridized carbons (Fsp3) is 0.250. The number of nitrogens with zero attached hydrogens (tertiary/aromatic N) is 2. The normalized spacial score (nSPS) is 11.6. The zero-order valence-electron chi connectivity index (χ0n) is 16.6. The van der Waals surface area contributed by atoms with Crippen molar-refractivity contribution in [3.63, 3.8) is 0 Å². The molecule has 3 aromatic rings. The van der Waals surface area contributed by atoms with Gasteiger partial charge < -0.3 is 10.1 Å². The number of benzene rings is 2. The van der Waals surface area contributed by atoms with Gasteiger partial charge in [0.05, 0.1) is 10.4 Å².